The van der Waals surface area contributed by atoms with E-state index in [2.05, 4.69) is 0 Å². The van der Waals surface area contributed by atoms with Crippen molar-refractivity contribution in [1.82, 2.24) is 4.90 Å². The Morgan fingerprint density at radius 3 is 2.62 bits per heavy atom. The lowest BCUT2D eigenvalue weighted by Crippen LogP contribution is -2.43. The van der Waals surface area contributed by atoms with Crippen molar-refractivity contribution >= 4 is 11.9 Å². The monoisotopic (exact) mass is 228 g/mol. The molecular weight excluding hydrogens is 208 g/mol. The van der Waals surface area contributed by atoms with Gasteiger partial charge in [-0.05, 0) is 24.8 Å². The molecule has 1 amide bonds. The predicted octanol–water partition coefficient (Wildman–Crippen LogP) is 0.293. The van der Waals surface area contributed by atoms with E-state index in [4.69, 9.17) is 10.8 Å². The first-order chi connectivity index (χ1) is 7.45. The standard InChI is InChI=1S/C11H20N2O3/c1-7(2)3-9(11(15)16)13-6-8(5-12)4-10(13)14/h7-9H,3-6,12H2,1-2H3,(H,15,16)/t8?,9-/m1/s1. The molecule has 0 spiro atoms. The van der Waals surface area contributed by atoms with Gasteiger partial charge in [0.1, 0.15) is 6.04 Å². The molecule has 92 valence electrons. The molecule has 0 aliphatic carbocycles. The first-order valence-electron chi connectivity index (χ1n) is 5.68. The first kappa shape index (κ1) is 13.0. The van der Waals surface area contributed by atoms with Crippen molar-refractivity contribution in [2.24, 2.45) is 17.6 Å². The third-order valence-corrected chi connectivity index (χ3v) is 2.93. The summed E-state index contributed by atoms with van der Waals surface area (Å²) in [6.07, 6.45) is 0.886. The van der Waals surface area contributed by atoms with Gasteiger partial charge < -0.3 is 15.7 Å². The summed E-state index contributed by atoms with van der Waals surface area (Å²) in [7, 11) is 0. The van der Waals surface area contributed by atoms with Crippen LogP contribution < -0.4 is 5.73 Å². The van der Waals surface area contributed by atoms with Gasteiger partial charge in [-0.15, -0.1) is 0 Å². The molecule has 3 N–H and O–H groups in total. The average molecular weight is 228 g/mol. The number of carboxylic acid groups (broad SMARTS) is 1. The van der Waals surface area contributed by atoms with Crippen LogP contribution in [0, 0.1) is 11.8 Å². The fourth-order valence-corrected chi connectivity index (χ4v) is 2.08. The van der Waals surface area contributed by atoms with Gasteiger partial charge in [0.15, 0.2) is 0 Å². The second-order valence-corrected chi connectivity index (χ2v) is 4.84. The molecule has 0 aromatic heterocycles. The topological polar surface area (TPSA) is 83.6 Å². The molecule has 0 saturated carbocycles. The van der Waals surface area contributed by atoms with Gasteiger partial charge in [-0.2, -0.15) is 0 Å². The van der Waals surface area contributed by atoms with Gasteiger partial charge in [0.2, 0.25) is 5.91 Å². The normalized spacial score (nSPS) is 22.9. The van der Waals surface area contributed by atoms with E-state index in [9.17, 15) is 9.59 Å². The molecule has 0 radical (unpaired) electrons. The number of carboxylic acids is 1. The Bertz CT molecular complexity index is 278. The fraction of sp³-hybridized carbons (Fsp3) is 0.818. The highest BCUT2D eigenvalue weighted by molar-refractivity contribution is 5.85. The van der Waals surface area contributed by atoms with Gasteiger partial charge in [0.25, 0.3) is 0 Å². The van der Waals surface area contributed by atoms with Crippen LogP contribution >= 0.6 is 0 Å². The molecule has 1 saturated heterocycles. The van der Waals surface area contributed by atoms with Crippen LogP contribution in [-0.4, -0.2) is 41.0 Å². The minimum absolute atomic E-state index is 0.0801. The molecule has 0 bridgehead atoms. The Labute approximate surface area is 95.6 Å². The van der Waals surface area contributed by atoms with Crippen molar-refractivity contribution in [3.05, 3.63) is 0 Å². The van der Waals surface area contributed by atoms with Crippen LogP contribution in [-0.2, 0) is 9.59 Å². The van der Waals surface area contributed by atoms with Crippen molar-refractivity contribution in [2.75, 3.05) is 13.1 Å². The Hall–Kier alpha value is -1.10. The molecule has 1 aliphatic heterocycles. The third-order valence-electron chi connectivity index (χ3n) is 2.93. The van der Waals surface area contributed by atoms with E-state index in [1.165, 1.54) is 4.90 Å². The van der Waals surface area contributed by atoms with Crippen LogP contribution in [0.2, 0.25) is 0 Å². The SMILES string of the molecule is CC(C)C[C@H](C(=O)O)N1CC(CN)CC1=O. The Kier molecular flexibility index (Phi) is 4.29. The van der Waals surface area contributed by atoms with Crippen molar-refractivity contribution in [3.63, 3.8) is 0 Å². The maximum Gasteiger partial charge on any atom is 0.326 e. The summed E-state index contributed by atoms with van der Waals surface area (Å²) >= 11 is 0. The quantitative estimate of drug-likeness (QED) is 0.708. The minimum Gasteiger partial charge on any atom is -0.480 e. The second kappa shape index (κ2) is 5.30. The molecule has 2 atom stereocenters. The van der Waals surface area contributed by atoms with Crippen molar-refractivity contribution in [2.45, 2.75) is 32.7 Å². The van der Waals surface area contributed by atoms with Gasteiger partial charge >= 0.3 is 5.97 Å². The van der Waals surface area contributed by atoms with Gasteiger partial charge in [-0.25, -0.2) is 4.79 Å². The molecule has 0 aromatic carbocycles. The maximum absolute atomic E-state index is 11.7. The number of nitrogens with zero attached hydrogens (tertiary/aromatic N) is 1. The van der Waals surface area contributed by atoms with Gasteiger partial charge in [-0.1, -0.05) is 13.8 Å². The van der Waals surface area contributed by atoms with E-state index in [0.717, 1.165) is 0 Å². The van der Waals surface area contributed by atoms with Crippen LogP contribution in [0.25, 0.3) is 0 Å². The predicted molar refractivity (Wildman–Crippen MR) is 59.8 cm³/mol. The first-order valence-corrected chi connectivity index (χ1v) is 5.68. The fourth-order valence-electron chi connectivity index (χ4n) is 2.08. The Morgan fingerprint density at radius 1 is 1.62 bits per heavy atom. The second-order valence-electron chi connectivity index (χ2n) is 4.84. The summed E-state index contributed by atoms with van der Waals surface area (Å²) in [5.41, 5.74) is 5.51. The van der Waals surface area contributed by atoms with E-state index in [1.807, 2.05) is 13.8 Å². The van der Waals surface area contributed by atoms with E-state index < -0.39 is 12.0 Å². The number of aliphatic carboxylic acids is 1. The average Bonchev–Trinajstić information content (AvgIpc) is 2.55. The smallest absolute Gasteiger partial charge is 0.326 e. The minimum atomic E-state index is -0.917. The summed E-state index contributed by atoms with van der Waals surface area (Å²) in [5, 5.41) is 9.13. The zero-order chi connectivity index (χ0) is 12.3. The maximum atomic E-state index is 11.7. The molecular formula is C11H20N2O3. The molecule has 1 fully saturated rings. The van der Waals surface area contributed by atoms with Crippen LogP contribution in [0.3, 0.4) is 0 Å². The largest absolute Gasteiger partial charge is 0.480 e. The number of carbonyl (C=O) groups excluding carboxylic acids is 1. The van der Waals surface area contributed by atoms with Crippen LogP contribution in [0.5, 0.6) is 0 Å². The number of nitrogens with two attached hydrogens (primary N) is 1. The highest BCUT2D eigenvalue weighted by Crippen LogP contribution is 2.22. The summed E-state index contributed by atoms with van der Waals surface area (Å²) < 4.78 is 0. The van der Waals surface area contributed by atoms with E-state index in [-0.39, 0.29) is 17.7 Å². The number of carbonyl (C=O) groups is 2. The molecule has 1 heterocycles. The number of hydrogen-bond acceptors (Lipinski definition) is 3. The van der Waals surface area contributed by atoms with Crippen LogP contribution in [0.15, 0.2) is 0 Å². The summed E-state index contributed by atoms with van der Waals surface area (Å²) in [5.74, 6) is -0.629. The van der Waals surface area contributed by atoms with E-state index >= 15 is 0 Å². The van der Waals surface area contributed by atoms with Gasteiger partial charge in [0, 0.05) is 13.0 Å². The zero-order valence-electron chi connectivity index (χ0n) is 9.85. The Balaban J connectivity index is 2.71. The van der Waals surface area contributed by atoms with Crippen LogP contribution in [0.4, 0.5) is 0 Å². The highest BCUT2D eigenvalue weighted by Gasteiger charge is 2.37. The van der Waals surface area contributed by atoms with Crippen LogP contribution in [0.1, 0.15) is 26.7 Å². The lowest BCUT2D eigenvalue weighted by atomic mass is 10.0. The molecule has 5 heteroatoms. The summed E-state index contributed by atoms with van der Waals surface area (Å²) in [6.45, 7) is 4.84. The molecule has 1 aliphatic rings. The molecule has 5 nitrogen and oxygen atoms in total. The molecule has 16 heavy (non-hydrogen) atoms. The lowest BCUT2D eigenvalue weighted by molar-refractivity contribution is -0.149. The number of rotatable bonds is 5. The lowest BCUT2D eigenvalue weighted by Gasteiger charge is -2.26. The van der Waals surface area contributed by atoms with Crippen molar-refractivity contribution < 1.29 is 14.7 Å². The Morgan fingerprint density at radius 2 is 2.25 bits per heavy atom. The number of hydrogen-bond donors (Lipinski definition) is 2. The summed E-state index contributed by atoms with van der Waals surface area (Å²) in [4.78, 5) is 24.3. The number of amides is 1. The van der Waals surface area contributed by atoms with Gasteiger partial charge in [-0.3, -0.25) is 4.79 Å². The van der Waals surface area contributed by atoms with Crippen molar-refractivity contribution in [3.8, 4) is 0 Å². The summed E-state index contributed by atoms with van der Waals surface area (Å²) in [6, 6.07) is -0.691. The van der Waals surface area contributed by atoms with Gasteiger partial charge in [0.05, 0.1) is 0 Å². The van der Waals surface area contributed by atoms with Crippen molar-refractivity contribution in [1.29, 1.82) is 0 Å². The van der Waals surface area contributed by atoms with E-state index in [0.29, 0.717) is 25.9 Å². The molecule has 1 rings (SSSR count). The zero-order valence-corrected chi connectivity index (χ0v) is 9.85. The molecule has 0 aromatic rings. The highest BCUT2D eigenvalue weighted by atomic mass is 16.4. The molecule has 1 unspecified atom stereocenters. The third kappa shape index (κ3) is 2.95. The van der Waals surface area contributed by atoms with E-state index in [1.54, 1.807) is 0 Å². The number of likely N-dealkylation sites (tertiary alicyclic amines) is 1.